The summed E-state index contributed by atoms with van der Waals surface area (Å²) in [4.78, 5) is 2.15. The number of nitrogens with one attached hydrogen (secondary N) is 2. The van der Waals surface area contributed by atoms with E-state index in [2.05, 4.69) is 22.5 Å². The van der Waals surface area contributed by atoms with Crippen LogP contribution in [0.1, 0.15) is 31.7 Å². The van der Waals surface area contributed by atoms with E-state index in [4.69, 9.17) is 0 Å². The highest BCUT2D eigenvalue weighted by Gasteiger charge is 2.25. The number of benzene rings is 2. The monoisotopic (exact) mass is 369 g/mol. The number of hydrogen-bond acceptors (Lipinski definition) is 3. The lowest BCUT2D eigenvalue weighted by molar-refractivity contribution is 0.609. The van der Waals surface area contributed by atoms with Crippen LogP contribution >= 0.6 is 0 Å². The molecule has 27 heavy (non-hydrogen) atoms. The molecular weight excluding hydrogens is 344 g/mol. The van der Waals surface area contributed by atoms with Crippen LogP contribution in [0, 0.1) is 17.6 Å². The van der Waals surface area contributed by atoms with Gasteiger partial charge in [0.05, 0.1) is 5.69 Å². The molecule has 0 unspecified atom stereocenters. The molecule has 1 heterocycles. The van der Waals surface area contributed by atoms with Gasteiger partial charge in [-0.15, -0.1) is 0 Å². The minimum absolute atomic E-state index is 0.219. The second kappa shape index (κ2) is 7.59. The first-order chi connectivity index (χ1) is 13.2. The molecule has 2 N–H and O–H groups in total. The van der Waals surface area contributed by atoms with Crippen LogP contribution < -0.4 is 15.5 Å². The third kappa shape index (κ3) is 3.92. The van der Waals surface area contributed by atoms with E-state index in [9.17, 15) is 8.78 Å². The molecule has 0 saturated heterocycles. The predicted molar refractivity (Wildman–Crippen MR) is 108 cm³/mol. The highest BCUT2D eigenvalue weighted by atomic mass is 19.1. The Balaban J connectivity index is 1.50. The summed E-state index contributed by atoms with van der Waals surface area (Å²) in [6.45, 7) is 4.47. The number of hydrogen-bond donors (Lipinski definition) is 2. The highest BCUT2D eigenvalue weighted by molar-refractivity contribution is 5.85. The van der Waals surface area contributed by atoms with Crippen molar-refractivity contribution in [3.05, 3.63) is 59.8 Å². The maximum atomic E-state index is 14.7. The Kier molecular flexibility index (Phi) is 5.01. The Morgan fingerprint density at radius 1 is 1.19 bits per heavy atom. The molecule has 1 aliphatic heterocycles. The van der Waals surface area contributed by atoms with Gasteiger partial charge in [-0.3, -0.25) is 0 Å². The normalized spacial score (nSPS) is 16.9. The minimum atomic E-state index is -0.248. The van der Waals surface area contributed by atoms with E-state index in [1.165, 1.54) is 25.0 Å². The third-order valence-electron chi connectivity index (χ3n) is 5.17. The summed E-state index contributed by atoms with van der Waals surface area (Å²) >= 11 is 0. The molecule has 0 aromatic heterocycles. The van der Waals surface area contributed by atoms with Gasteiger partial charge in [-0.25, -0.2) is 8.78 Å². The lowest BCUT2D eigenvalue weighted by atomic mass is 10.1. The van der Waals surface area contributed by atoms with Crippen molar-refractivity contribution < 1.29 is 8.78 Å². The first-order valence-electron chi connectivity index (χ1n) is 9.68. The van der Waals surface area contributed by atoms with Crippen molar-refractivity contribution >= 4 is 22.6 Å². The summed E-state index contributed by atoms with van der Waals surface area (Å²) in [5.41, 5.74) is 3.53. The van der Waals surface area contributed by atoms with Crippen LogP contribution in [0.15, 0.2) is 42.6 Å². The first-order valence-corrected chi connectivity index (χ1v) is 9.68. The minimum Gasteiger partial charge on any atom is -0.380 e. The summed E-state index contributed by atoms with van der Waals surface area (Å²) in [5.74, 6) is 0.245. The van der Waals surface area contributed by atoms with Crippen molar-refractivity contribution in [2.24, 2.45) is 5.92 Å². The summed E-state index contributed by atoms with van der Waals surface area (Å²) in [6.07, 6.45) is 5.25. The summed E-state index contributed by atoms with van der Waals surface area (Å²) in [6, 6.07) is 10.2. The van der Waals surface area contributed by atoms with Crippen LogP contribution in [0.4, 0.5) is 25.8 Å². The number of halogens is 2. The van der Waals surface area contributed by atoms with Crippen LogP contribution in [-0.2, 0) is 0 Å². The largest absolute Gasteiger partial charge is 0.380 e. The molecule has 1 fully saturated rings. The van der Waals surface area contributed by atoms with E-state index in [0.717, 1.165) is 30.8 Å². The van der Waals surface area contributed by atoms with Crippen LogP contribution in [0.3, 0.4) is 0 Å². The van der Waals surface area contributed by atoms with E-state index < -0.39 is 0 Å². The van der Waals surface area contributed by atoms with Crippen molar-refractivity contribution in [1.29, 1.82) is 0 Å². The zero-order chi connectivity index (χ0) is 18.8. The standard InChI is InChI=1S/C22H25F2N3/c1-2-10-27(14-15-6-7-15)21-9-8-17(11-19(21)24)25-12-16-13-26-20-5-3-4-18(23)22(16)20/h3-5,8-9,11-12,15,25-26H,2,6-7,10,13-14H2,1H3. The molecule has 0 bridgehead atoms. The molecule has 142 valence electrons. The first kappa shape index (κ1) is 17.8. The zero-order valence-corrected chi connectivity index (χ0v) is 15.6. The molecule has 2 aromatic carbocycles. The van der Waals surface area contributed by atoms with Gasteiger partial charge in [0.2, 0.25) is 0 Å². The molecule has 0 spiro atoms. The topological polar surface area (TPSA) is 27.3 Å². The summed E-state index contributed by atoms with van der Waals surface area (Å²) < 4.78 is 28.8. The second-order valence-corrected chi connectivity index (χ2v) is 7.39. The van der Waals surface area contributed by atoms with Crippen molar-refractivity contribution in [2.75, 3.05) is 35.2 Å². The van der Waals surface area contributed by atoms with Crippen LogP contribution in [0.5, 0.6) is 0 Å². The van der Waals surface area contributed by atoms with E-state index >= 15 is 0 Å². The number of nitrogens with zero attached hydrogens (tertiary/aromatic N) is 1. The van der Waals surface area contributed by atoms with E-state index in [-0.39, 0.29) is 11.6 Å². The molecule has 0 atom stereocenters. The van der Waals surface area contributed by atoms with Gasteiger partial charge in [0.25, 0.3) is 0 Å². The third-order valence-corrected chi connectivity index (χ3v) is 5.17. The average molecular weight is 369 g/mol. The number of fused-ring (bicyclic) bond motifs is 1. The fourth-order valence-corrected chi connectivity index (χ4v) is 3.62. The fourth-order valence-electron chi connectivity index (χ4n) is 3.62. The Morgan fingerprint density at radius 3 is 2.78 bits per heavy atom. The molecule has 1 aliphatic carbocycles. The Labute approximate surface area is 159 Å². The number of anilines is 3. The van der Waals surface area contributed by atoms with Crippen molar-refractivity contribution in [3.63, 3.8) is 0 Å². The average Bonchev–Trinajstić information content (AvgIpc) is 3.37. The van der Waals surface area contributed by atoms with Crippen molar-refractivity contribution in [1.82, 2.24) is 0 Å². The fraction of sp³-hybridized carbons (Fsp3) is 0.364. The predicted octanol–water partition coefficient (Wildman–Crippen LogP) is 5.47. The quantitative estimate of drug-likeness (QED) is 0.678. The molecule has 3 nitrogen and oxygen atoms in total. The molecule has 2 aliphatic rings. The van der Waals surface area contributed by atoms with Gasteiger partial charge in [0.15, 0.2) is 0 Å². The van der Waals surface area contributed by atoms with Gasteiger partial charge < -0.3 is 15.5 Å². The molecule has 0 amide bonds. The smallest absolute Gasteiger partial charge is 0.148 e. The van der Waals surface area contributed by atoms with Gasteiger partial charge in [0, 0.05) is 42.8 Å². The highest BCUT2D eigenvalue weighted by Crippen LogP contribution is 2.34. The van der Waals surface area contributed by atoms with Gasteiger partial charge in [-0.2, -0.15) is 0 Å². The summed E-state index contributed by atoms with van der Waals surface area (Å²) in [7, 11) is 0. The van der Waals surface area contributed by atoms with E-state index in [1.807, 2.05) is 18.2 Å². The van der Waals surface area contributed by atoms with Gasteiger partial charge in [-0.1, -0.05) is 13.0 Å². The Bertz CT molecular complexity index is 859. The van der Waals surface area contributed by atoms with Crippen molar-refractivity contribution in [3.8, 4) is 0 Å². The SMILES string of the molecule is CCCN(CC1CC1)c1ccc(NC=C2CNc3cccc(F)c32)cc1F. The number of rotatable bonds is 7. The molecule has 0 radical (unpaired) electrons. The maximum absolute atomic E-state index is 14.7. The lowest BCUT2D eigenvalue weighted by Crippen LogP contribution is -2.27. The lowest BCUT2D eigenvalue weighted by Gasteiger charge is -2.25. The molecule has 1 saturated carbocycles. The second-order valence-electron chi connectivity index (χ2n) is 7.39. The maximum Gasteiger partial charge on any atom is 0.148 e. The van der Waals surface area contributed by atoms with Gasteiger partial charge in [0.1, 0.15) is 11.6 Å². The Morgan fingerprint density at radius 2 is 2.04 bits per heavy atom. The summed E-state index contributed by atoms with van der Waals surface area (Å²) in [5, 5.41) is 6.29. The molecule has 4 rings (SSSR count). The molecule has 5 heteroatoms. The van der Waals surface area contributed by atoms with Crippen molar-refractivity contribution in [2.45, 2.75) is 26.2 Å². The van der Waals surface area contributed by atoms with E-state index in [1.54, 1.807) is 12.3 Å². The molecule has 2 aromatic rings. The molecular formula is C22H25F2N3. The van der Waals surface area contributed by atoms with Gasteiger partial charge >= 0.3 is 0 Å². The van der Waals surface area contributed by atoms with Crippen LogP contribution in [0.25, 0.3) is 5.57 Å². The van der Waals surface area contributed by atoms with Crippen LogP contribution in [0.2, 0.25) is 0 Å². The van der Waals surface area contributed by atoms with Crippen LogP contribution in [-0.4, -0.2) is 19.6 Å². The Hall–Kier alpha value is -2.56. The zero-order valence-electron chi connectivity index (χ0n) is 15.6. The van der Waals surface area contributed by atoms with E-state index in [0.29, 0.717) is 29.4 Å². The van der Waals surface area contributed by atoms with Gasteiger partial charge in [-0.05, 0) is 61.1 Å².